The summed E-state index contributed by atoms with van der Waals surface area (Å²) >= 11 is 0. The zero-order valence-electron chi connectivity index (χ0n) is 11.2. The van der Waals surface area contributed by atoms with Crippen LogP contribution in [0.15, 0.2) is 30.3 Å². The van der Waals surface area contributed by atoms with Crippen LogP contribution in [-0.4, -0.2) is 23.9 Å². The van der Waals surface area contributed by atoms with Crippen molar-refractivity contribution in [2.24, 2.45) is 5.92 Å². The van der Waals surface area contributed by atoms with Gasteiger partial charge in [0.05, 0.1) is 12.2 Å². The number of hydrogen-bond donors (Lipinski definition) is 1. The fourth-order valence-corrected chi connectivity index (χ4v) is 2.50. The van der Waals surface area contributed by atoms with Crippen LogP contribution < -0.4 is 0 Å². The second-order valence-electron chi connectivity index (χ2n) is 5.20. The molecule has 0 bridgehead atoms. The summed E-state index contributed by atoms with van der Waals surface area (Å²) < 4.78 is 5.68. The molecule has 2 atom stereocenters. The van der Waals surface area contributed by atoms with Crippen LogP contribution in [0.3, 0.4) is 0 Å². The molecule has 0 radical (unpaired) electrons. The lowest BCUT2D eigenvalue weighted by Crippen LogP contribution is -2.31. The van der Waals surface area contributed by atoms with Crippen LogP contribution in [0.5, 0.6) is 0 Å². The molecular weight excluding hydrogens is 224 g/mol. The number of aliphatic hydroxyl groups is 1. The maximum absolute atomic E-state index is 10.2. The van der Waals surface area contributed by atoms with E-state index in [0.29, 0.717) is 12.5 Å². The first kappa shape index (κ1) is 13.6. The van der Waals surface area contributed by atoms with Crippen LogP contribution in [0, 0.1) is 5.92 Å². The highest BCUT2D eigenvalue weighted by Gasteiger charge is 2.36. The van der Waals surface area contributed by atoms with E-state index in [1.807, 2.05) is 13.0 Å². The Kier molecular flexibility index (Phi) is 5.21. The minimum atomic E-state index is -0.291. The minimum absolute atomic E-state index is 0.0748. The summed E-state index contributed by atoms with van der Waals surface area (Å²) in [7, 11) is 0. The molecule has 0 heterocycles. The van der Waals surface area contributed by atoms with Gasteiger partial charge in [-0.2, -0.15) is 0 Å². The van der Waals surface area contributed by atoms with Gasteiger partial charge in [-0.05, 0) is 50.5 Å². The molecule has 1 aromatic rings. The quantitative estimate of drug-likeness (QED) is 0.765. The molecule has 1 saturated carbocycles. The van der Waals surface area contributed by atoms with Crippen LogP contribution in [0.1, 0.15) is 38.2 Å². The molecule has 0 aromatic heterocycles. The highest BCUT2D eigenvalue weighted by molar-refractivity contribution is 5.14. The SMILES string of the molecule is CCOC(C(O)CCCc1ccccc1)C1CC1. The third kappa shape index (κ3) is 4.11. The standard InChI is InChI=1S/C16H24O2/c1-2-18-16(14-11-12-14)15(17)10-6-9-13-7-4-3-5-8-13/h3-5,7-8,14-17H,2,6,9-12H2,1H3. The predicted octanol–water partition coefficient (Wildman–Crippen LogP) is 3.19. The molecule has 18 heavy (non-hydrogen) atoms. The van der Waals surface area contributed by atoms with Gasteiger partial charge in [0.2, 0.25) is 0 Å². The van der Waals surface area contributed by atoms with Gasteiger partial charge in [-0.25, -0.2) is 0 Å². The van der Waals surface area contributed by atoms with E-state index in [4.69, 9.17) is 4.74 Å². The molecule has 2 unspecified atom stereocenters. The van der Waals surface area contributed by atoms with Crippen LogP contribution in [0.25, 0.3) is 0 Å². The molecule has 1 aliphatic carbocycles. The topological polar surface area (TPSA) is 29.5 Å². The molecule has 100 valence electrons. The number of aryl methyl sites for hydroxylation is 1. The van der Waals surface area contributed by atoms with E-state index >= 15 is 0 Å². The number of aliphatic hydroxyl groups excluding tert-OH is 1. The molecular formula is C16H24O2. The Labute approximate surface area is 110 Å². The summed E-state index contributed by atoms with van der Waals surface area (Å²) in [6, 6.07) is 10.5. The summed E-state index contributed by atoms with van der Waals surface area (Å²) in [5.74, 6) is 0.608. The van der Waals surface area contributed by atoms with Gasteiger partial charge in [0.1, 0.15) is 0 Å². The third-order valence-corrected chi connectivity index (χ3v) is 3.63. The van der Waals surface area contributed by atoms with Gasteiger partial charge >= 0.3 is 0 Å². The van der Waals surface area contributed by atoms with Gasteiger partial charge in [0.25, 0.3) is 0 Å². The Balaban J connectivity index is 1.71. The fourth-order valence-electron chi connectivity index (χ4n) is 2.50. The van der Waals surface area contributed by atoms with Crippen molar-refractivity contribution < 1.29 is 9.84 Å². The molecule has 1 fully saturated rings. The van der Waals surface area contributed by atoms with E-state index in [9.17, 15) is 5.11 Å². The second-order valence-corrected chi connectivity index (χ2v) is 5.20. The van der Waals surface area contributed by atoms with Crippen molar-refractivity contribution in [3.63, 3.8) is 0 Å². The van der Waals surface area contributed by atoms with Crippen molar-refractivity contribution in [1.29, 1.82) is 0 Å². The van der Waals surface area contributed by atoms with Crippen molar-refractivity contribution >= 4 is 0 Å². The minimum Gasteiger partial charge on any atom is -0.390 e. The average molecular weight is 248 g/mol. The first-order valence-corrected chi connectivity index (χ1v) is 7.15. The van der Waals surface area contributed by atoms with Crippen LogP contribution in [-0.2, 0) is 11.2 Å². The predicted molar refractivity (Wildman–Crippen MR) is 73.5 cm³/mol. The number of benzene rings is 1. The molecule has 1 aliphatic rings. The molecule has 0 spiro atoms. The van der Waals surface area contributed by atoms with Crippen molar-refractivity contribution in [3.05, 3.63) is 35.9 Å². The van der Waals surface area contributed by atoms with E-state index < -0.39 is 0 Å². The van der Waals surface area contributed by atoms with Crippen molar-refractivity contribution in [2.75, 3.05) is 6.61 Å². The van der Waals surface area contributed by atoms with E-state index in [-0.39, 0.29) is 12.2 Å². The number of ether oxygens (including phenoxy) is 1. The Bertz CT molecular complexity index is 332. The first-order chi connectivity index (χ1) is 8.81. The van der Waals surface area contributed by atoms with Gasteiger partial charge in [0.15, 0.2) is 0 Å². The Morgan fingerprint density at radius 3 is 2.61 bits per heavy atom. The maximum atomic E-state index is 10.2. The number of hydrogen-bond acceptors (Lipinski definition) is 2. The highest BCUT2D eigenvalue weighted by Crippen LogP contribution is 2.36. The van der Waals surface area contributed by atoms with E-state index in [1.165, 1.54) is 18.4 Å². The van der Waals surface area contributed by atoms with Gasteiger partial charge in [-0.1, -0.05) is 30.3 Å². The Hall–Kier alpha value is -0.860. The normalized spacial score (nSPS) is 18.6. The Morgan fingerprint density at radius 1 is 1.28 bits per heavy atom. The highest BCUT2D eigenvalue weighted by atomic mass is 16.5. The van der Waals surface area contributed by atoms with Crippen molar-refractivity contribution in [3.8, 4) is 0 Å². The molecule has 0 saturated heterocycles. The molecule has 1 N–H and O–H groups in total. The zero-order chi connectivity index (χ0) is 12.8. The van der Waals surface area contributed by atoms with Crippen molar-refractivity contribution in [2.45, 2.75) is 51.2 Å². The van der Waals surface area contributed by atoms with Crippen molar-refractivity contribution in [1.82, 2.24) is 0 Å². The average Bonchev–Trinajstić information content (AvgIpc) is 3.21. The van der Waals surface area contributed by atoms with E-state index in [0.717, 1.165) is 19.3 Å². The lowest BCUT2D eigenvalue weighted by Gasteiger charge is -2.22. The second kappa shape index (κ2) is 6.91. The van der Waals surface area contributed by atoms with Crippen LogP contribution >= 0.6 is 0 Å². The molecule has 2 rings (SSSR count). The lowest BCUT2D eigenvalue weighted by molar-refractivity contribution is -0.0480. The van der Waals surface area contributed by atoms with Gasteiger partial charge in [-0.15, -0.1) is 0 Å². The molecule has 0 amide bonds. The maximum Gasteiger partial charge on any atom is 0.0861 e. The molecule has 0 aliphatic heterocycles. The summed E-state index contributed by atoms with van der Waals surface area (Å²) in [4.78, 5) is 0. The first-order valence-electron chi connectivity index (χ1n) is 7.15. The van der Waals surface area contributed by atoms with Gasteiger partial charge < -0.3 is 9.84 Å². The van der Waals surface area contributed by atoms with E-state index in [2.05, 4.69) is 24.3 Å². The van der Waals surface area contributed by atoms with Crippen LogP contribution in [0.2, 0.25) is 0 Å². The number of rotatable bonds is 8. The summed E-state index contributed by atoms with van der Waals surface area (Å²) in [6.07, 6.45) is 5.15. The summed E-state index contributed by atoms with van der Waals surface area (Å²) in [5, 5.41) is 10.2. The third-order valence-electron chi connectivity index (χ3n) is 3.63. The smallest absolute Gasteiger partial charge is 0.0861 e. The Morgan fingerprint density at radius 2 is 2.00 bits per heavy atom. The van der Waals surface area contributed by atoms with Gasteiger partial charge in [0, 0.05) is 6.61 Å². The summed E-state index contributed by atoms with van der Waals surface area (Å²) in [6.45, 7) is 2.71. The largest absolute Gasteiger partial charge is 0.390 e. The fraction of sp³-hybridized carbons (Fsp3) is 0.625. The molecule has 2 heteroatoms. The molecule has 1 aromatic carbocycles. The van der Waals surface area contributed by atoms with Gasteiger partial charge in [-0.3, -0.25) is 0 Å². The monoisotopic (exact) mass is 248 g/mol. The van der Waals surface area contributed by atoms with Crippen LogP contribution in [0.4, 0.5) is 0 Å². The summed E-state index contributed by atoms with van der Waals surface area (Å²) in [5.41, 5.74) is 1.35. The lowest BCUT2D eigenvalue weighted by atomic mass is 10.0. The molecule has 2 nitrogen and oxygen atoms in total. The zero-order valence-corrected chi connectivity index (χ0v) is 11.2. The van der Waals surface area contributed by atoms with E-state index in [1.54, 1.807) is 0 Å².